The van der Waals surface area contributed by atoms with E-state index in [4.69, 9.17) is 11.6 Å². The number of rotatable bonds is 7. The molecule has 0 aliphatic rings. The van der Waals surface area contributed by atoms with Crippen molar-refractivity contribution in [1.82, 2.24) is 10.9 Å². The SMILES string of the molecule is CC(=O)Nc1ccc(CC(=O)NNC(=O)c2ccc(CSc3ccc(Cl)cc3)cc2)cc1. The predicted molar refractivity (Wildman–Crippen MR) is 128 cm³/mol. The zero-order chi connectivity index (χ0) is 22.9. The molecule has 0 radical (unpaired) electrons. The van der Waals surface area contributed by atoms with Crippen molar-refractivity contribution in [2.45, 2.75) is 24.0 Å². The molecule has 0 saturated heterocycles. The summed E-state index contributed by atoms with van der Waals surface area (Å²) in [4.78, 5) is 36.5. The molecule has 0 unspecified atom stereocenters. The van der Waals surface area contributed by atoms with Crippen LogP contribution in [0.5, 0.6) is 0 Å². The van der Waals surface area contributed by atoms with Gasteiger partial charge < -0.3 is 5.32 Å². The van der Waals surface area contributed by atoms with Crippen molar-refractivity contribution in [2.24, 2.45) is 0 Å². The maximum atomic E-state index is 12.3. The number of amides is 3. The fourth-order valence-electron chi connectivity index (χ4n) is 2.79. The first-order valence-electron chi connectivity index (χ1n) is 9.82. The maximum absolute atomic E-state index is 12.3. The van der Waals surface area contributed by atoms with E-state index in [9.17, 15) is 14.4 Å². The van der Waals surface area contributed by atoms with Crippen LogP contribution in [0.1, 0.15) is 28.4 Å². The van der Waals surface area contributed by atoms with Crippen LogP contribution in [0.3, 0.4) is 0 Å². The number of hydrogen-bond donors (Lipinski definition) is 3. The number of hydrazine groups is 1. The lowest BCUT2D eigenvalue weighted by Gasteiger charge is -2.09. The Morgan fingerprint density at radius 1 is 0.812 bits per heavy atom. The molecule has 6 nitrogen and oxygen atoms in total. The fourth-order valence-corrected chi connectivity index (χ4v) is 3.77. The van der Waals surface area contributed by atoms with Crippen molar-refractivity contribution in [3.8, 4) is 0 Å². The van der Waals surface area contributed by atoms with E-state index in [2.05, 4.69) is 16.2 Å². The Labute approximate surface area is 195 Å². The number of carbonyl (C=O) groups excluding carboxylic acids is 3. The monoisotopic (exact) mass is 467 g/mol. The van der Waals surface area contributed by atoms with Gasteiger partial charge in [0.2, 0.25) is 11.8 Å². The highest BCUT2D eigenvalue weighted by molar-refractivity contribution is 7.98. The van der Waals surface area contributed by atoms with E-state index < -0.39 is 5.91 Å². The molecule has 0 bridgehead atoms. The summed E-state index contributed by atoms with van der Waals surface area (Å²) in [7, 11) is 0. The molecule has 3 N–H and O–H groups in total. The molecule has 0 saturated carbocycles. The first-order chi connectivity index (χ1) is 15.4. The molecule has 0 aliphatic heterocycles. The summed E-state index contributed by atoms with van der Waals surface area (Å²) >= 11 is 7.57. The topological polar surface area (TPSA) is 87.3 Å². The third-order valence-corrected chi connectivity index (χ3v) is 5.72. The Hall–Kier alpha value is -3.29. The number of halogens is 1. The fraction of sp³-hybridized carbons (Fsp3) is 0.125. The quantitative estimate of drug-likeness (QED) is 0.350. The van der Waals surface area contributed by atoms with Crippen LogP contribution < -0.4 is 16.2 Å². The Kier molecular flexibility index (Phi) is 8.30. The van der Waals surface area contributed by atoms with Gasteiger partial charge in [-0.15, -0.1) is 11.8 Å². The summed E-state index contributed by atoms with van der Waals surface area (Å²) < 4.78 is 0. The molecule has 3 amide bonds. The average molecular weight is 468 g/mol. The van der Waals surface area contributed by atoms with Gasteiger partial charge in [0.25, 0.3) is 5.91 Å². The first-order valence-corrected chi connectivity index (χ1v) is 11.2. The van der Waals surface area contributed by atoms with E-state index in [1.807, 2.05) is 36.4 Å². The number of carbonyl (C=O) groups is 3. The van der Waals surface area contributed by atoms with Crippen molar-refractivity contribution >= 4 is 46.8 Å². The van der Waals surface area contributed by atoms with Crippen LogP contribution in [0, 0.1) is 0 Å². The lowest BCUT2D eigenvalue weighted by atomic mass is 10.1. The van der Waals surface area contributed by atoms with Gasteiger partial charge in [0, 0.05) is 33.8 Å². The van der Waals surface area contributed by atoms with Gasteiger partial charge in [0.05, 0.1) is 6.42 Å². The van der Waals surface area contributed by atoms with Gasteiger partial charge in [-0.3, -0.25) is 25.2 Å². The summed E-state index contributed by atoms with van der Waals surface area (Å²) in [5.41, 5.74) is 7.79. The number of benzene rings is 3. The zero-order valence-corrected chi connectivity index (χ0v) is 18.9. The maximum Gasteiger partial charge on any atom is 0.269 e. The molecular weight excluding hydrogens is 446 g/mol. The van der Waals surface area contributed by atoms with E-state index in [0.717, 1.165) is 21.8 Å². The summed E-state index contributed by atoms with van der Waals surface area (Å²) in [6.45, 7) is 1.43. The third-order valence-electron chi connectivity index (χ3n) is 4.39. The van der Waals surface area contributed by atoms with Gasteiger partial charge >= 0.3 is 0 Å². The molecule has 3 aromatic rings. The van der Waals surface area contributed by atoms with Gasteiger partial charge in [-0.25, -0.2) is 0 Å². The van der Waals surface area contributed by atoms with E-state index in [-0.39, 0.29) is 18.2 Å². The molecule has 3 rings (SSSR count). The van der Waals surface area contributed by atoms with Crippen molar-refractivity contribution < 1.29 is 14.4 Å². The molecule has 0 spiro atoms. The van der Waals surface area contributed by atoms with Gasteiger partial charge in [0.1, 0.15) is 0 Å². The second-order valence-corrected chi connectivity index (χ2v) is 8.48. The van der Waals surface area contributed by atoms with Gasteiger partial charge in [-0.2, -0.15) is 0 Å². The summed E-state index contributed by atoms with van der Waals surface area (Å²) in [5.74, 6) is -0.134. The van der Waals surface area contributed by atoms with Crippen LogP contribution in [0.4, 0.5) is 5.69 Å². The smallest absolute Gasteiger partial charge is 0.269 e. The normalized spacial score (nSPS) is 10.3. The van der Waals surface area contributed by atoms with Crippen LogP contribution in [0.15, 0.2) is 77.7 Å². The van der Waals surface area contributed by atoms with Crippen molar-refractivity contribution in [3.05, 3.63) is 94.5 Å². The number of thioether (sulfide) groups is 1. The molecule has 0 heterocycles. The lowest BCUT2D eigenvalue weighted by molar-refractivity contribution is -0.121. The van der Waals surface area contributed by atoms with Crippen LogP contribution >= 0.6 is 23.4 Å². The Morgan fingerprint density at radius 2 is 1.44 bits per heavy atom. The minimum absolute atomic E-state index is 0.0987. The molecular formula is C24H22ClN3O3S. The molecule has 0 fully saturated rings. The van der Waals surface area contributed by atoms with Crippen LogP contribution in [0.2, 0.25) is 5.02 Å². The summed E-state index contributed by atoms with van der Waals surface area (Å²) in [5, 5.41) is 3.37. The van der Waals surface area contributed by atoms with E-state index in [1.165, 1.54) is 6.92 Å². The largest absolute Gasteiger partial charge is 0.326 e. The second-order valence-electron chi connectivity index (χ2n) is 7.00. The number of anilines is 1. The minimum atomic E-state index is -0.392. The summed E-state index contributed by atoms with van der Waals surface area (Å²) in [6, 6.07) is 21.8. The van der Waals surface area contributed by atoms with E-state index >= 15 is 0 Å². The highest BCUT2D eigenvalue weighted by atomic mass is 35.5. The highest BCUT2D eigenvalue weighted by Gasteiger charge is 2.09. The highest BCUT2D eigenvalue weighted by Crippen LogP contribution is 2.24. The first kappa shape index (κ1) is 23.4. The molecule has 164 valence electrons. The third kappa shape index (κ3) is 7.44. The van der Waals surface area contributed by atoms with Crippen LogP contribution in [-0.4, -0.2) is 17.7 Å². The van der Waals surface area contributed by atoms with E-state index in [0.29, 0.717) is 16.3 Å². The Morgan fingerprint density at radius 3 is 2.06 bits per heavy atom. The molecule has 0 aromatic heterocycles. The van der Waals surface area contributed by atoms with Crippen molar-refractivity contribution in [3.63, 3.8) is 0 Å². The summed E-state index contributed by atoms with van der Waals surface area (Å²) in [6.07, 6.45) is 0.0987. The Bertz CT molecular complexity index is 1080. The Balaban J connectivity index is 1.44. The van der Waals surface area contributed by atoms with E-state index in [1.54, 1.807) is 48.2 Å². The zero-order valence-electron chi connectivity index (χ0n) is 17.4. The van der Waals surface area contributed by atoms with Gasteiger partial charge in [0.15, 0.2) is 0 Å². The molecule has 32 heavy (non-hydrogen) atoms. The average Bonchev–Trinajstić information content (AvgIpc) is 2.78. The van der Waals surface area contributed by atoms with Gasteiger partial charge in [-0.05, 0) is 59.7 Å². The minimum Gasteiger partial charge on any atom is -0.326 e. The second kappa shape index (κ2) is 11.4. The number of nitrogens with one attached hydrogen (secondary N) is 3. The van der Waals surface area contributed by atoms with Crippen LogP contribution in [-0.2, 0) is 21.8 Å². The molecule has 3 aromatic carbocycles. The van der Waals surface area contributed by atoms with Gasteiger partial charge in [-0.1, -0.05) is 35.9 Å². The van der Waals surface area contributed by atoms with Crippen molar-refractivity contribution in [1.29, 1.82) is 0 Å². The standard InChI is InChI=1S/C24H22ClN3O3S/c1-16(29)26-21-10-4-17(5-11-21)14-23(30)27-28-24(31)19-6-2-18(3-7-19)15-32-22-12-8-20(25)9-13-22/h2-13H,14-15H2,1H3,(H,26,29)(H,27,30)(H,28,31). The van der Waals surface area contributed by atoms with Crippen molar-refractivity contribution in [2.75, 3.05) is 5.32 Å². The lowest BCUT2D eigenvalue weighted by Crippen LogP contribution is -2.42. The molecule has 0 aliphatic carbocycles. The van der Waals surface area contributed by atoms with Crippen LogP contribution in [0.25, 0.3) is 0 Å². The molecule has 8 heteroatoms. The predicted octanol–water partition coefficient (Wildman–Crippen LogP) is 4.59. The number of hydrogen-bond acceptors (Lipinski definition) is 4. The molecule has 0 atom stereocenters.